The molecule has 1 fully saturated rings. The molecule has 134 valence electrons. The summed E-state index contributed by atoms with van der Waals surface area (Å²) >= 11 is 0. The molecular formula is C20H32N2O2. The molecule has 0 bridgehead atoms. The number of amides is 1. The van der Waals surface area contributed by atoms with Crippen LogP contribution in [-0.2, 0) is 4.79 Å². The van der Waals surface area contributed by atoms with Gasteiger partial charge in [-0.2, -0.15) is 0 Å². The first kappa shape index (κ1) is 18.8. The van der Waals surface area contributed by atoms with Gasteiger partial charge in [0.05, 0.1) is 13.0 Å². The predicted molar refractivity (Wildman–Crippen MR) is 98.2 cm³/mol. The number of benzene rings is 1. The van der Waals surface area contributed by atoms with Crippen molar-refractivity contribution in [2.75, 3.05) is 26.2 Å². The van der Waals surface area contributed by atoms with Crippen molar-refractivity contribution in [2.24, 2.45) is 5.92 Å². The van der Waals surface area contributed by atoms with Crippen LogP contribution in [0.3, 0.4) is 0 Å². The minimum absolute atomic E-state index is 0.0803. The van der Waals surface area contributed by atoms with E-state index in [0.29, 0.717) is 25.0 Å². The molecule has 4 heteroatoms. The highest BCUT2D eigenvalue weighted by molar-refractivity contribution is 5.76. The molecule has 4 nitrogen and oxygen atoms in total. The molecule has 0 aromatic heterocycles. The molecule has 1 saturated heterocycles. The van der Waals surface area contributed by atoms with Crippen molar-refractivity contribution >= 4 is 5.91 Å². The average Bonchev–Trinajstić information content (AvgIpc) is 2.60. The van der Waals surface area contributed by atoms with Crippen LogP contribution in [0.4, 0.5) is 0 Å². The van der Waals surface area contributed by atoms with E-state index in [9.17, 15) is 4.79 Å². The molecule has 1 N–H and O–H groups in total. The fraction of sp³-hybridized carbons (Fsp3) is 0.650. The van der Waals surface area contributed by atoms with E-state index in [0.717, 1.165) is 18.7 Å². The lowest BCUT2D eigenvalue weighted by molar-refractivity contribution is -0.121. The number of carbonyl (C=O) groups is 1. The van der Waals surface area contributed by atoms with Gasteiger partial charge in [-0.15, -0.1) is 0 Å². The van der Waals surface area contributed by atoms with Crippen LogP contribution >= 0.6 is 0 Å². The van der Waals surface area contributed by atoms with Gasteiger partial charge in [-0.05, 0) is 50.4 Å². The van der Waals surface area contributed by atoms with Crippen LogP contribution in [0.15, 0.2) is 30.3 Å². The number of piperidine rings is 1. The first-order valence-corrected chi connectivity index (χ1v) is 9.33. The molecule has 1 atom stereocenters. The Bertz CT molecular complexity index is 470. The second-order valence-corrected chi connectivity index (χ2v) is 7.10. The number of nitrogens with zero attached hydrogens (tertiary/aromatic N) is 1. The SMILES string of the molecule is CC(C)CC(CNC(=O)CCOc1ccccc1)N1CCCCC1. The van der Waals surface area contributed by atoms with Crippen LogP contribution in [-0.4, -0.2) is 43.1 Å². The van der Waals surface area contributed by atoms with Crippen molar-refractivity contribution in [1.29, 1.82) is 0 Å². The molecule has 1 heterocycles. The van der Waals surface area contributed by atoms with Crippen LogP contribution in [0.1, 0.15) is 46.0 Å². The van der Waals surface area contributed by atoms with Crippen LogP contribution in [0, 0.1) is 5.92 Å². The summed E-state index contributed by atoms with van der Waals surface area (Å²) in [6, 6.07) is 10.1. The third kappa shape index (κ3) is 6.91. The average molecular weight is 332 g/mol. The van der Waals surface area contributed by atoms with E-state index in [1.54, 1.807) is 0 Å². The summed E-state index contributed by atoms with van der Waals surface area (Å²) in [4.78, 5) is 14.7. The zero-order chi connectivity index (χ0) is 17.2. The lowest BCUT2D eigenvalue weighted by Crippen LogP contribution is -2.46. The molecule has 1 unspecified atom stereocenters. The topological polar surface area (TPSA) is 41.6 Å². The summed E-state index contributed by atoms with van der Waals surface area (Å²) in [5, 5.41) is 3.11. The molecule has 0 aliphatic carbocycles. The van der Waals surface area contributed by atoms with Crippen LogP contribution in [0.25, 0.3) is 0 Å². The quantitative estimate of drug-likeness (QED) is 0.753. The normalized spacial score (nSPS) is 16.8. The summed E-state index contributed by atoms with van der Waals surface area (Å²) in [6.07, 6.45) is 5.46. The van der Waals surface area contributed by atoms with Crippen molar-refractivity contribution in [3.8, 4) is 5.75 Å². The van der Waals surface area contributed by atoms with E-state index in [1.807, 2.05) is 30.3 Å². The molecular weight excluding hydrogens is 300 g/mol. The van der Waals surface area contributed by atoms with E-state index in [1.165, 1.54) is 32.4 Å². The Balaban J connectivity index is 1.70. The van der Waals surface area contributed by atoms with Crippen molar-refractivity contribution in [3.05, 3.63) is 30.3 Å². The zero-order valence-corrected chi connectivity index (χ0v) is 15.2. The lowest BCUT2D eigenvalue weighted by atomic mass is 9.99. The Kier molecular flexibility index (Phi) is 8.10. The minimum atomic E-state index is 0.0803. The van der Waals surface area contributed by atoms with Gasteiger partial charge in [0.1, 0.15) is 5.75 Å². The van der Waals surface area contributed by atoms with E-state index >= 15 is 0 Å². The molecule has 24 heavy (non-hydrogen) atoms. The fourth-order valence-corrected chi connectivity index (χ4v) is 3.29. The molecule has 1 aromatic carbocycles. The lowest BCUT2D eigenvalue weighted by Gasteiger charge is -2.35. The second kappa shape index (κ2) is 10.3. The fourth-order valence-electron chi connectivity index (χ4n) is 3.29. The van der Waals surface area contributed by atoms with E-state index in [4.69, 9.17) is 4.74 Å². The Labute approximate surface area is 146 Å². The first-order valence-electron chi connectivity index (χ1n) is 9.33. The Hall–Kier alpha value is -1.55. The smallest absolute Gasteiger partial charge is 0.223 e. The van der Waals surface area contributed by atoms with E-state index < -0.39 is 0 Å². The van der Waals surface area contributed by atoms with Gasteiger partial charge >= 0.3 is 0 Å². The monoisotopic (exact) mass is 332 g/mol. The zero-order valence-electron chi connectivity index (χ0n) is 15.2. The Morgan fingerprint density at radius 3 is 2.54 bits per heavy atom. The maximum absolute atomic E-state index is 12.1. The number of ether oxygens (including phenoxy) is 1. The molecule has 1 aromatic rings. The highest BCUT2D eigenvalue weighted by Crippen LogP contribution is 2.17. The summed E-state index contributed by atoms with van der Waals surface area (Å²) < 4.78 is 5.59. The molecule has 0 spiro atoms. The standard InChI is InChI=1S/C20H32N2O2/c1-17(2)15-18(22-12-7-4-8-13-22)16-21-20(23)11-14-24-19-9-5-3-6-10-19/h3,5-6,9-10,17-18H,4,7-8,11-16H2,1-2H3,(H,21,23). The van der Waals surface area contributed by atoms with Gasteiger partial charge in [-0.25, -0.2) is 0 Å². The van der Waals surface area contributed by atoms with Crippen molar-refractivity contribution in [1.82, 2.24) is 10.2 Å². The summed E-state index contributed by atoms with van der Waals surface area (Å²) in [7, 11) is 0. The van der Waals surface area contributed by atoms with Gasteiger partial charge in [-0.1, -0.05) is 38.5 Å². The highest BCUT2D eigenvalue weighted by Gasteiger charge is 2.22. The molecule has 1 amide bonds. The van der Waals surface area contributed by atoms with Gasteiger partial charge < -0.3 is 10.1 Å². The van der Waals surface area contributed by atoms with Gasteiger partial charge in [0.25, 0.3) is 0 Å². The van der Waals surface area contributed by atoms with Crippen LogP contribution in [0.2, 0.25) is 0 Å². The van der Waals surface area contributed by atoms with E-state index in [-0.39, 0.29) is 5.91 Å². The number of rotatable bonds is 9. The number of nitrogens with one attached hydrogen (secondary N) is 1. The number of hydrogen-bond donors (Lipinski definition) is 1. The van der Waals surface area contributed by atoms with Gasteiger partial charge in [0, 0.05) is 12.6 Å². The van der Waals surface area contributed by atoms with Crippen LogP contribution < -0.4 is 10.1 Å². The number of para-hydroxylation sites is 1. The Morgan fingerprint density at radius 1 is 1.17 bits per heavy atom. The van der Waals surface area contributed by atoms with Gasteiger partial charge in [0.15, 0.2) is 0 Å². The minimum Gasteiger partial charge on any atom is -0.493 e. The summed E-state index contributed by atoms with van der Waals surface area (Å²) in [5.41, 5.74) is 0. The number of likely N-dealkylation sites (tertiary alicyclic amines) is 1. The Morgan fingerprint density at radius 2 is 1.88 bits per heavy atom. The summed E-state index contributed by atoms with van der Waals surface area (Å²) in [6.45, 7) is 8.03. The third-order valence-electron chi connectivity index (χ3n) is 4.53. The highest BCUT2D eigenvalue weighted by atomic mass is 16.5. The molecule has 2 rings (SSSR count). The maximum Gasteiger partial charge on any atom is 0.223 e. The number of carbonyl (C=O) groups excluding carboxylic acids is 1. The third-order valence-corrected chi connectivity index (χ3v) is 4.53. The molecule has 0 saturated carbocycles. The summed E-state index contributed by atoms with van der Waals surface area (Å²) in [5.74, 6) is 1.54. The number of hydrogen-bond acceptors (Lipinski definition) is 3. The van der Waals surface area contributed by atoms with Crippen molar-refractivity contribution < 1.29 is 9.53 Å². The first-order chi connectivity index (χ1) is 11.6. The predicted octanol–water partition coefficient (Wildman–Crippen LogP) is 3.47. The maximum atomic E-state index is 12.1. The molecule has 1 aliphatic heterocycles. The van der Waals surface area contributed by atoms with Crippen molar-refractivity contribution in [3.63, 3.8) is 0 Å². The molecule has 0 radical (unpaired) electrons. The van der Waals surface area contributed by atoms with Crippen LogP contribution in [0.5, 0.6) is 5.75 Å². The second-order valence-electron chi connectivity index (χ2n) is 7.10. The molecule has 1 aliphatic rings. The van der Waals surface area contributed by atoms with Gasteiger partial charge in [-0.3, -0.25) is 9.69 Å². The largest absolute Gasteiger partial charge is 0.493 e. The van der Waals surface area contributed by atoms with Crippen molar-refractivity contribution in [2.45, 2.75) is 52.0 Å². The van der Waals surface area contributed by atoms with Gasteiger partial charge in [0.2, 0.25) is 5.91 Å². The van der Waals surface area contributed by atoms with E-state index in [2.05, 4.69) is 24.1 Å².